The molecule has 2 unspecified atom stereocenters. The molecule has 0 saturated carbocycles. The van der Waals surface area contributed by atoms with Crippen molar-refractivity contribution in [2.45, 2.75) is 61.3 Å². The van der Waals surface area contributed by atoms with E-state index in [0.29, 0.717) is 0 Å². The smallest absolute Gasteiger partial charge is 0.0389 e. The van der Waals surface area contributed by atoms with Crippen molar-refractivity contribution in [1.29, 1.82) is 0 Å². The standard InChI is InChI=1S/C11H24.CH4/c1-6-8-11(7-2)10(5)9(3)4;/h9-11H,6-8H2,1-5H3;1H4. The number of rotatable bonds is 5. The van der Waals surface area contributed by atoms with Gasteiger partial charge >= 0.3 is 0 Å². The Hall–Kier alpha value is 0. The van der Waals surface area contributed by atoms with Gasteiger partial charge in [-0.1, -0.05) is 61.3 Å². The molecule has 0 amide bonds. The van der Waals surface area contributed by atoms with Gasteiger partial charge in [0.1, 0.15) is 0 Å². The summed E-state index contributed by atoms with van der Waals surface area (Å²) in [4.78, 5) is 0. The summed E-state index contributed by atoms with van der Waals surface area (Å²) >= 11 is 0. The Labute approximate surface area is 79.8 Å². The van der Waals surface area contributed by atoms with Gasteiger partial charge in [-0.05, 0) is 17.8 Å². The summed E-state index contributed by atoms with van der Waals surface area (Å²) < 4.78 is 0. The summed E-state index contributed by atoms with van der Waals surface area (Å²) in [5, 5.41) is 0. The number of hydrogen-bond acceptors (Lipinski definition) is 0. The van der Waals surface area contributed by atoms with Crippen LogP contribution >= 0.6 is 0 Å². The molecular formula is C12H28. The molecule has 2 atom stereocenters. The third-order valence-corrected chi connectivity index (χ3v) is 2.98. The van der Waals surface area contributed by atoms with Crippen LogP contribution in [0.3, 0.4) is 0 Å². The van der Waals surface area contributed by atoms with Crippen molar-refractivity contribution in [2.24, 2.45) is 17.8 Å². The second kappa shape index (κ2) is 7.64. The molecule has 0 aromatic rings. The highest BCUT2D eigenvalue weighted by atomic mass is 14.2. The highest BCUT2D eigenvalue weighted by Crippen LogP contribution is 2.26. The number of hydrogen-bond donors (Lipinski definition) is 0. The van der Waals surface area contributed by atoms with Crippen molar-refractivity contribution in [3.05, 3.63) is 0 Å². The van der Waals surface area contributed by atoms with E-state index in [1.54, 1.807) is 0 Å². The monoisotopic (exact) mass is 172 g/mol. The van der Waals surface area contributed by atoms with Gasteiger partial charge in [0.25, 0.3) is 0 Å². The first-order valence-corrected chi connectivity index (χ1v) is 5.13. The molecule has 0 aliphatic heterocycles. The van der Waals surface area contributed by atoms with Gasteiger partial charge in [-0.15, -0.1) is 0 Å². The Balaban J connectivity index is 0. The van der Waals surface area contributed by atoms with Crippen molar-refractivity contribution < 1.29 is 0 Å². The molecule has 0 fully saturated rings. The third kappa shape index (κ3) is 4.79. The van der Waals surface area contributed by atoms with Gasteiger partial charge in [0, 0.05) is 0 Å². The first-order valence-electron chi connectivity index (χ1n) is 5.13. The highest BCUT2D eigenvalue weighted by molar-refractivity contribution is 4.67. The Morgan fingerprint density at radius 3 is 1.75 bits per heavy atom. The largest absolute Gasteiger partial charge is 0.0776 e. The van der Waals surface area contributed by atoms with Crippen LogP contribution in [0.5, 0.6) is 0 Å². The fraction of sp³-hybridized carbons (Fsp3) is 1.00. The molecule has 0 N–H and O–H groups in total. The predicted molar refractivity (Wildman–Crippen MR) is 59.4 cm³/mol. The van der Waals surface area contributed by atoms with Crippen LogP contribution in [0.25, 0.3) is 0 Å². The van der Waals surface area contributed by atoms with E-state index in [9.17, 15) is 0 Å². The zero-order chi connectivity index (χ0) is 8.85. The van der Waals surface area contributed by atoms with Crippen molar-refractivity contribution in [3.63, 3.8) is 0 Å². The van der Waals surface area contributed by atoms with Crippen LogP contribution in [0.15, 0.2) is 0 Å². The average molecular weight is 172 g/mol. The van der Waals surface area contributed by atoms with E-state index in [1.165, 1.54) is 19.3 Å². The fourth-order valence-electron chi connectivity index (χ4n) is 1.75. The topological polar surface area (TPSA) is 0 Å². The quantitative estimate of drug-likeness (QED) is 0.562. The maximum Gasteiger partial charge on any atom is -0.0389 e. The minimum absolute atomic E-state index is 0. The van der Waals surface area contributed by atoms with Gasteiger partial charge in [-0.2, -0.15) is 0 Å². The molecule has 0 aliphatic rings. The molecule has 0 saturated heterocycles. The first-order chi connectivity index (χ1) is 5.13. The van der Waals surface area contributed by atoms with E-state index in [2.05, 4.69) is 34.6 Å². The molecule has 12 heavy (non-hydrogen) atoms. The first kappa shape index (κ1) is 14.5. The molecule has 0 spiro atoms. The molecule has 76 valence electrons. The lowest BCUT2D eigenvalue weighted by Crippen LogP contribution is -2.16. The molecule has 0 radical (unpaired) electrons. The molecule has 0 aromatic heterocycles. The van der Waals surface area contributed by atoms with Crippen molar-refractivity contribution >= 4 is 0 Å². The molecule has 0 rings (SSSR count). The van der Waals surface area contributed by atoms with Crippen LogP contribution in [0.1, 0.15) is 61.3 Å². The molecule has 0 heterocycles. The van der Waals surface area contributed by atoms with E-state index >= 15 is 0 Å². The minimum Gasteiger partial charge on any atom is -0.0776 e. The van der Waals surface area contributed by atoms with Crippen molar-refractivity contribution in [2.75, 3.05) is 0 Å². The van der Waals surface area contributed by atoms with Gasteiger partial charge in [-0.25, -0.2) is 0 Å². The molecule has 0 aromatic carbocycles. The van der Waals surface area contributed by atoms with Gasteiger partial charge in [-0.3, -0.25) is 0 Å². The predicted octanol–water partition coefficient (Wildman–Crippen LogP) is 4.74. The van der Waals surface area contributed by atoms with Crippen LogP contribution in [0.4, 0.5) is 0 Å². The minimum atomic E-state index is 0. The summed E-state index contributed by atoms with van der Waals surface area (Å²) in [5.41, 5.74) is 0. The lowest BCUT2D eigenvalue weighted by atomic mass is 9.81. The summed E-state index contributed by atoms with van der Waals surface area (Å²) in [6.45, 7) is 11.7. The Morgan fingerprint density at radius 2 is 1.50 bits per heavy atom. The summed E-state index contributed by atoms with van der Waals surface area (Å²) in [6, 6.07) is 0. The average Bonchev–Trinajstić information content (AvgIpc) is 1.98. The van der Waals surface area contributed by atoms with Crippen LogP contribution in [-0.4, -0.2) is 0 Å². The zero-order valence-corrected chi connectivity index (χ0v) is 8.85. The SMILES string of the molecule is C.CCCC(CC)C(C)C(C)C. The molecule has 0 nitrogen and oxygen atoms in total. The Morgan fingerprint density at radius 1 is 1.00 bits per heavy atom. The Kier molecular flexibility index (Phi) is 9.24. The van der Waals surface area contributed by atoms with Gasteiger partial charge < -0.3 is 0 Å². The van der Waals surface area contributed by atoms with Crippen LogP contribution in [0, 0.1) is 17.8 Å². The van der Waals surface area contributed by atoms with Gasteiger partial charge in [0.05, 0.1) is 0 Å². The van der Waals surface area contributed by atoms with E-state index < -0.39 is 0 Å². The van der Waals surface area contributed by atoms with Crippen molar-refractivity contribution in [3.8, 4) is 0 Å². The third-order valence-electron chi connectivity index (χ3n) is 2.98. The second-order valence-corrected chi connectivity index (χ2v) is 4.06. The maximum atomic E-state index is 2.40. The van der Waals surface area contributed by atoms with E-state index in [0.717, 1.165) is 17.8 Å². The summed E-state index contributed by atoms with van der Waals surface area (Å²) in [7, 11) is 0. The van der Waals surface area contributed by atoms with E-state index in [1.807, 2.05) is 0 Å². The lowest BCUT2D eigenvalue weighted by Gasteiger charge is -2.25. The molecular weight excluding hydrogens is 144 g/mol. The molecule has 0 aliphatic carbocycles. The van der Waals surface area contributed by atoms with E-state index in [-0.39, 0.29) is 7.43 Å². The van der Waals surface area contributed by atoms with Crippen molar-refractivity contribution in [1.82, 2.24) is 0 Å². The van der Waals surface area contributed by atoms with Crippen LogP contribution in [0.2, 0.25) is 0 Å². The lowest BCUT2D eigenvalue weighted by molar-refractivity contribution is 0.253. The second-order valence-electron chi connectivity index (χ2n) is 4.06. The van der Waals surface area contributed by atoms with Crippen LogP contribution in [-0.2, 0) is 0 Å². The molecule has 0 heteroatoms. The normalized spacial score (nSPS) is 15.5. The van der Waals surface area contributed by atoms with Gasteiger partial charge in [0.2, 0.25) is 0 Å². The van der Waals surface area contributed by atoms with Gasteiger partial charge in [0.15, 0.2) is 0 Å². The maximum absolute atomic E-state index is 2.40. The molecule has 0 bridgehead atoms. The zero-order valence-electron chi connectivity index (χ0n) is 8.85. The summed E-state index contributed by atoms with van der Waals surface area (Å²) in [6.07, 6.45) is 4.11. The fourth-order valence-corrected chi connectivity index (χ4v) is 1.75. The highest BCUT2D eigenvalue weighted by Gasteiger charge is 2.16. The van der Waals surface area contributed by atoms with Crippen LogP contribution < -0.4 is 0 Å². The Bertz CT molecular complexity index is 84.0. The summed E-state index contributed by atoms with van der Waals surface area (Å²) in [5.74, 6) is 2.71. The van der Waals surface area contributed by atoms with E-state index in [4.69, 9.17) is 0 Å².